The van der Waals surface area contributed by atoms with E-state index in [1.807, 2.05) is 0 Å². The largest absolute Gasteiger partial charge is 0.465 e. The van der Waals surface area contributed by atoms with Gasteiger partial charge in [0.15, 0.2) is 0 Å². The summed E-state index contributed by atoms with van der Waals surface area (Å²) in [5, 5.41) is 0. The lowest BCUT2D eigenvalue weighted by molar-refractivity contribution is -0.165. The van der Waals surface area contributed by atoms with Gasteiger partial charge in [0.2, 0.25) is 0 Å². The SMILES string of the molecule is CCCCOC(=O)N1CCC(C(=O)OCCCC)(C2CCN(C)CC2)CC1. The van der Waals surface area contributed by atoms with Gasteiger partial charge in [-0.1, -0.05) is 26.7 Å². The average Bonchev–Trinajstić information content (AvgIpc) is 2.69. The Bertz CT molecular complexity index is 467. The Morgan fingerprint density at radius 3 is 2.04 bits per heavy atom. The fourth-order valence-corrected chi connectivity index (χ4v) is 4.28. The van der Waals surface area contributed by atoms with E-state index < -0.39 is 5.41 Å². The van der Waals surface area contributed by atoms with Crippen molar-refractivity contribution in [1.82, 2.24) is 9.80 Å². The number of likely N-dealkylation sites (tertiary alicyclic amines) is 2. The zero-order valence-corrected chi connectivity index (χ0v) is 17.5. The van der Waals surface area contributed by atoms with Gasteiger partial charge in [0.05, 0.1) is 18.6 Å². The fourth-order valence-electron chi connectivity index (χ4n) is 4.28. The number of rotatable bonds is 8. The summed E-state index contributed by atoms with van der Waals surface area (Å²) in [7, 11) is 2.14. The molecule has 0 radical (unpaired) electrons. The second-order valence-corrected chi connectivity index (χ2v) is 8.18. The third-order valence-electron chi connectivity index (χ3n) is 6.27. The molecule has 0 aromatic carbocycles. The van der Waals surface area contributed by atoms with E-state index in [1.165, 1.54) is 0 Å². The second-order valence-electron chi connectivity index (χ2n) is 8.18. The number of carbonyl (C=O) groups is 2. The lowest BCUT2D eigenvalue weighted by Crippen LogP contribution is -2.52. The van der Waals surface area contributed by atoms with E-state index in [1.54, 1.807) is 4.90 Å². The average molecular weight is 383 g/mol. The molecule has 0 aliphatic carbocycles. The summed E-state index contributed by atoms with van der Waals surface area (Å²) in [5.41, 5.74) is -0.435. The van der Waals surface area contributed by atoms with Crippen LogP contribution in [-0.2, 0) is 14.3 Å². The van der Waals surface area contributed by atoms with E-state index in [4.69, 9.17) is 9.47 Å². The highest BCUT2D eigenvalue weighted by Gasteiger charge is 2.49. The maximum Gasteiger partial charge on any atom is 0.409 e. The molecule has 2 aliphatic heterocycles. The van der Waals surface area contributed by atoms with E-state index in [9.17, 15) is 9.59 Å². The van der Waals surface area contributed by atoms with Crippen LogP contribution >= 0.6 is 0 Å². The van der Waals surface area contributed by atoms with Crippen LogP contribution in [0, 0.1) is 11.3 Å². The number of carbonyl (C=O) groups excluding carboxylic acids is 2. The zero-order chi connectivity index (χ0) is 19.7. The standard InChI is InChI=1S/C21H38N2O4/c1-4-6-16-26-19(24)21(18-8-12-22(3)13-9-18)10-14-23(15-11-21)20(25)27-17-7-5-2/h18H,4-17H2,1-3H3. The molecule has 0 aromatic rings. The summed E-state index contributed by atoms with van der Waals surface area (Å²) in [6, 6.07) is 0. The van der Waals surface area contributed by atoms with E-state index >= 15 is 0 Å². The van der Waals surface area contributed by atoms with Gasteiger partial charge < -0.3 is 19.3 Å². The Kier molecular flexibility index (Phi) is 8.87. The van der Waals surface area contributed by atoms with Crippen LogP contribution in [0.15, 0.2) is 0 Å². The van der Waals surface area contributed by atoms with Crippen molar-refractivity contribution in [2.24, 2.45) is 11.3 Å². The summed E-state index contributed by atoms with van der Waals surface area (Å²) in [4.78, 5) is 29.4. The molecular weight excluding hydrogens is 344 g/mol. The summed E-state index contributed by atoms with van der Waals surface area (Å²) in [6.45, 7) is 8.38. The van der Waals surface area contributed by atoms with Crippen LogP contribution in [0.4, 0.5) is 4.79 Å². The number of unbranched alkanes of at least 4 members (excludes halogenated alkanes) is 2. The van der Waals surface area contributed by atoms with Crippen molar-refractivity contribution in [2.45, 2.75) is 65.2 Å². The summed E-state index contributed by atoms with van der Waals surface area (Å²) < 4.78 is 11.0. The molecule has 1 amide bonds. The van der Waals surface area contributed by atoms with Gasteiger partial charge in [0.25, 0.3) is 0 Å². The first-order valence-corrected chi connectivity index (χ1v) is 10.8. The first kappa shape index (κ1) is 22.0. The van der Waals surface area contributed by atoms with Crippen LogP contribution in [-0.4, -0.2) is 68.3 Å². The summed E-state index contributed by atoms with van der Waals surface area (Å²) in [5.74, 6) is 0.311. The van der Waals surface area contributed by atoms with Crippen molar-refractivity contribution in [2.75, 3.05) is 46.4 Å². The van der Waals surface area contributed by atoms with Gasteiger partial charge in [0, 0.05) is 13.1 Å². The van der Waals surface area contributed by atoms with E-state index in [-0.39, 0.29) is 12.1 Å². The molecule has 0 N–H and O–H groups in total. The third-order valence-corrected chi connectivity index (χ3v) is 6.27. The minimum absolute atomic E-state index is 0.0375. The Morgan fingerprint density at radius 1 is 0.926 bits per heavy atom. The molecule has 2 saturated heterocycles. The van der Waals surface area contributed by atoms with E-state index in [2.05, 4.69) is 25.8 Å². The van der Waals surface area contributed by atoms with Crippen molar-refractivity contribution in [3.05, 3.63) is 0 Å². The van der Waals surface area contributed by atoms with Gasteiger partial charge in [0.1, 0.15) is 0 Å². The minimum atomic E-state index is -0.435. The molecule has 0 aromatic heterocycles. The number of esters is 1. The number of hydrogen-bond donors (Lipinski definition) is 0. The molecule has 6 heteroatoms. The lowest BCUT2D eigenvalue weighted by atomic mass is 9.65. The van der Waals surface area contributed by atoms with Crippen molar-refractivity contribution in [3.63, 3.8) is 0 Å². The Morgan fingerprint density at radius 2 is 1.48 bits per heavy atom. The number of nitrogens with zero attached hydrogens (tertiary/aromatic N) is 2. The van der Waals surface area contributed by atoms with Crippen molar-refractivity contribution < 1.29 is 19.1 Å². The molecule has 0 atom stereocenters. The molecule has 2 rings (SSSR count). The van der Waals surface area contributed by atoms with Crippen molar-refractivity contribution in [3.8, 4) is 0 Å². The zero-order valence-electron chi connectivity index (χ0n) is 17.5. The van der Waals surface area contributed by atoms with Gasteiger partial charge in [-0.3, -0.25) is 4.79 Å². The Hall–Kier alpha value is -1.30. The minimum Gasteiger partial charge on any atom is -0.465 e. The highest BCUT2D eigenvalue weighted by atomic mass is 16.6. The molecule has 0 bridgehead atoms. The first-order chi connectivity index (χ1) is 13.0. The van der Waals surface area contributed by atoms with Crippen molar-refractivity contribution in [1.29, 1.82) is 0 Å². The molecule has 6 nitrogen and oxygen atoms in total. The normalized spacial score (nSPS) is 21.1. The number of ether oxygens (including phenoxy) is 2. The summed E-state index contributed by atoms with van der Waals surface area (Å²) in [6.07, 6.45) is 7.03. The molecule has 2 fully saturated rings. The maximum atomic E-state index is 13.1. The van der Waals surface area contributed by atoms with Crippen LogP contribution < -0.4 is 0 Å². The number of piperidine rings is 2. The quantitative estimate of drug-likeness (QED) is 0.473. The molecule has 156 valence electrons. The number of amides is 1. The highest BCUT2D eigenvalue weighted by Crippen LogP contribution is 2.45. The van der Waals surface area contributed by atoms with E-state index in [0.717, 1.165) is 51.6 Å². The van der Waals surface area contributed by atoms with E-state index in [0.29, 0.717) is 45.1 Å². The summed E-state index contributed by atoms with van der Waals surface area (Å²) >= 11 is 0. The van der Waals surface area contributed by atoms with Gasteiger partial charge in [-0.25, -0.2) is 4.79 Å². The van der Waals surface area contributed by atoms with Crippen LogP contribution in [0.3, 0.4) is 0 Å². The van der Waals surface area contributed by atoms with Crippen molar-refractivity contribution >= 4 is 12.1 Å². The Balaban J connectivity index is 1.99. The molecule has 2 heterocycles. The van der Waals surface area contributed by atoms with Crippen LogP contribution in [0.2, 0.25) is 0 Å². The fraction of sp³-hybridized carbons (Fsp3) is 0.905. The first-order valence-electron chi connectivity index (χ1n) is 10.8. The molecule has 2 aliphatic rings. The topological polar surface area (TPSA) is 59.1 Å². The van der Waals surface area contributed by atoms with Gasteiger partial charge in [-0.05, 0) is 64.6 Å². The predicted octanol–water partition coefficient (Wildman–Crippen LogP) is 3.69. The van der Waals surface area contributed by atoms with Gasteiger partial charge in [-0.2, -0.15) is 0 Å². The Labute approximate surface area is 164 Å². The van der Waals surface area contributed by atoms with Crippen LogP contribution in [0.25, 0.3) is 0 Å². The maximum absolute atomic E-state index is 13.1. The monoisotopic (exact) mass is 382 g/mol. The predicted molar refractivity (Wildman–Crippen MR) is 106 cm³/mol. The molecule has 27 heavy (non-hydrogen) atoms. The molecule has 0 unspecified atom stereocenters. The smallest absolute Gasteiger partial charge is 0.409 e. The lowest BCUT2D eigenvalue weighted by Gasteiger charge is -2.46. The van der Waals surface area contributed by atoms with Gasteiger partial charge >= 0.3 is 12.1 Å². The molecule has 0 spiro atoms. The molecule has 0 saturated carbocycles. The highest BCUT2D eigenvalue weighted by molar-refractivity contribution is 5.78. The third kappa shape index (κ3) is 5.84. The van der Waals surface area contributed by atoms with Crippen LogP contribution in [0.5, 0.6) is 0 Å². The molecular formula is C21H38N2O4. The number of hydrogen-bond acceptors (Lipinski definition) is 5. The van der Waals surface area contributed by atoms with Crippen LogP contribution in [0.1, 0.15) is 65.2 Å². The van der Waals surface area contributed by atoms with Gasteiger partial charge in [-0.15, -0.1) is 0 Å². The second kappa shape index (κ2) is 10.9.